The highest BCUT2D eigenvalue weighted by Crippen LogP contribution is 2.20. The number of hydrogen-bond acceptors (Lipinski definition) is 4. The molecule has 0 saturated carbocycles. The Bertz CT molecular complexity index is 1100. The van der Waals surface area contributed by atoms with Crippen LogP contribution < -0.4 is 5.56 Å². The van der Waals surface area contributed by atoms with Crippen molar-refractivity contribution in [3.8, 4) is 11.8 Å². The maximum Gasteiger partial charge on any atom is 0.255 e. The fourth-order valence-electron chi connectivity index (χ4n) is 3.66. The highest BCUT2D eigenvalue weighted by molar-refractivity contribution is 5.42. The highest BCUT2D eigenvalue weighted by Gasteiger charge is 2.22. The van der Waals surface area contributed by atoms with Crippen LogP contribution in [0.25, 0.3) is 5.69 Å². The maximum atomic E-state index is 12.5. The number of aromatic amines is 1. The molecule has 4 rings (SSSR count). The van der Waals surface area contributed by atoms with Gasteiger partial charge in [-0.15, -0.1) is 0 Å². The number of hydrogen-bond donors (Lipinski definition) is 1. The van der Waals surface area contributed by atoms with E-state index in [4.69, 9.17) is 5.26 Å². The smallest absolute Gasteiger partial charge is 0.255 e. The van der Waals surface area contributed by atoms with Crippen molar-refractivity contribution in [2.45, 2.75) is 39.3 Å². The van der Waals surface area contributed by atoms with Crippen LogP contribution in [0.4, 0.5) is 0 Å². The first-order valence-electron chi connectivity index (χ1n) is 9.56. The van der Waals surface area contributed by atoms with Crippen molar-refractivity contribution >= 4 is 0 Å². The van der Waals surface area contributed by atoms with Gasteiger partial charge in [-0.2, -0.15) is 5.26 Å². The molecule has 0 bridgehead atoms. The van der Waals surface area contributed by atoms with Gasteiger partial charge < -0.3 is 9.55 Å². The van der Waals surface area contributed by atoms with Gasteiger partial charge in [-0.25, -0.2) is 4.98 Å². The Morgan fingerprint density at radius 1 is 1.29 bits per heavy atom. The zero-order chi connectivity index (χ0) is 19.7. The number of nitrogens with zero attached hydrogens (tertiary/aromatic N) is 4. The molecular formula is C22H23N5O. The van der Waals surface area contributed by atoms with Gasteiger partial charge in [-0.3, -0.25) is 9.69 Å². The van der Waals surface area contributed by atoms with Gasteiger partial charge in [0.2, 0.25) is 0 Å². The lowest BCUT2D eigenvalue weighted by Gasteiger charge is -2.28. The summed E-state index contributed by atoms with van der Waals surface area (Å²) in [6, 6.07) is 13.9. The Balaban J connectivity index is 1.57. The molecule has 0 radical (unpaired) electrons. The molecule has 28 heavy (non-hydrogen) atoms. The molecule has 0 spiro atoms. The van der Waals surface area contributed by atoms with E-state index in [1.54, 1.807) is 6.07 Å². The highest BCUT2D eigenvalue weighted by atomic mass is 16.1. The normalized spacial score (nSPS) is 14.1. The molecule has 0 unspecified atom stereocenters. The largest absolute Gasteiger partial charge is 0.320 e. The van der Waals surface area contributed by atoms with Crippen LogP contribution in [0.15, 0.2) is 47.4 Å². The minimum atomic E-state index is -0.0181. The van der Waals surface area contributed by atoms with Crippen LogP contribution in [0, 0.1) is 11.3 Å². The van der Waals surface area contributed by atoms with Crippen molar-refractivity contribution in [2.24, 2.45) is 0 Å². The third kappa shape index (κ3) is 3.49. The van der Waals surface area contributed by atoms with E-state index in [0.717, 1.165) is 48.0 Å². The summed E-state index contributed by atoms with van der Waals surface area (Å²) in [7, 11) is 0. The number of H-pyrrole nitrogens is 1. The van der Waals surface area contributed by atoms with Crippen molar-refractivity contribution < 1.29 is 0 Å². The molecule has 0 fully saturated rings. The van der Waals surface area contributed by atoms with Gasteiger partial charge >= 0.3 is 0 Å². The average molecular weight is 373 g/mol. The number of aromatic nitrogens is 3. The molecular weight excluding hydrogens is 350 g/mol. The third-order valence-corrected chi connectivity index (χ3v) is 5.19. The van der Waals surface area contributed by atoms with E-state index in [0.29, 0.717) is 12.1 Å². The average Bonchev–Trinajstić information content (AvgIpc) is 3.16. The summed E-state index contributed by atoms with van der Waals surface area (Å²) in [4.78, 5) is 22.4. The molecule has 1 aliphatic rings. The molecule has 0 amide bonds. The molecule has 0 saturated heterocycles. The van der Waals surface area contributed by atoms with Gasteiger partial charge in [0, 0.05) is 49.6 Å². The summed E-state index contributed by atoms with van der Waals surface area (Å²) < 4.78 is 2.10. The van der Waals surface area contributed by atoms with E-state index in [1.807, 2.05) is 44.3 Å². The molecule has 1 aliphatic heterocycles. The first-order valence-corrected chi connectivity index (χ1v) is 9.56. The number of nitriles is 1. The fourth-order valence-corrected chi connectivity index (χ4v) is 3.66. The number of fused-ring (bicyclic) bond motifs is 1. The lowest BCUT2D eigenvalue weighted by Crippen LogP contribution is -2.36. The van der Waals surface area contributed by atoms with Crippen molar-refractivity contribution in [1.29, 1.82) is 5.26 Å². The standard InChI is InChI=1S/C22H23N5O/c1-15(2)21-24-20-8-10-26(14-19(20)22(28)25-21)13-18-7-4-9-27(18)17-6-3-5-16(11-17)12-23/h3-7,9,11,15H,8,10,13-14H2,1-2H3,(H,24,25,28). The molecule has 142 valence electrons. The molecule has 3 heterocycles. The summed E-state index contributed by atoms with van der Waals surface area (Å²) >= 11 is 0. The predicted molar refractivity (Wildman–Crippen MR) is 107 cm³/mol. The van der Waals surface area contributed by atoms with Crippen LogP contribution in [0.5, 0.6) is 0 Å². The van der Waals surface area contributed by atoms with Gasteiger partial charge in [0.15, 0.2) is 0 Å². The maximum absolute atomic E-state index is 12.5. The van der Waals surface area contributed by atoms with Gasteiger partial charge in [0.1, 0.15) is 5.82 Å². The Kier molecular flexibility index (Phi) is 4.84. The quantitative estimate of drug-likeness (QED) is 0.762. The molecule has 3 aromatic rings. The summed E-state index contributed by atoms with van der Waals surface area (Å²) in [5.74, 6) is 0.979. The third-order valence-electron chi connectivity index (χ3n) is 5.19. The molecule has 1 aromatic carbocycles. The lowest BCUT2D eigenvalue weighted by atomic mass is 10.1. The molecule has 0 atom stereocenters. The SMILES string of the molecule is CC(C)c1nc2c(c(=O)[nH]1)CN(Cc1cccn1-c1cccc(C#N)c1)CC2. The van der Waals surface area contributed by atoms with Crippen molar-refractivity contribution in [3.63, 3.8) is 0 Å². The Labute approximate surface area is 164 Å². The lowest BCUT2D eigenvalue weighted by molar-refractivity contribution is 0.237. The monoisotopic (exact) mass is 373 g/mol. The number of nitrogens with one attached hydrogen (secondary N) is 1. The second kappa shape index (κ2) is 7.45. The topological polar surface area (TPSA) is 77.7 Å². The summed E-state index contributed by atoms with van der Waals surface area (Å²) in [6.07, 6.45) is 2.79. The number of benzene rings is 1. The molecule has 2 aromatic heterocycles. The van der Waals surface area contributed by atoms with Crippen molar-refractivity contribution in [1.82, 2.24) is 19.4 Å². The first kappa shape index (κ1) is 18.2. The summed E-state index contributed by atoms with van der Waals surface area (Å²) in [5.41, 5.74) is 4.43. The second-order valence-electron chi connectivity index (χ2n) is 7.52. The Hall–Kier alpha value is -3.17. The molecule has 6 heteroatoms. The van der Waals surface area contributed by atoms with Gasteiger partial charge in [0.25, 0.3) is 5.56 Å². The molecule has 1 N–H and O–H groups in total. The Morgan fingerprint density at radius 3 is 2.93 bits per heavy atom. The molecule has 0 aliphatic carbocycles. The van der Waals surface area contributed by atoms with Crippen LogP contribution >= 0.6 is 0 Å². The van der Waals surface area contributed by atoms with E-state index < -0.39 is 0 Å². The van der Waals surface area contributed by atoms with Crippen LogP contribution in [-0.2, 0) is 19.5 Å². The van der Waals surface area contributed by atoms with Crippen LogP contribution in [0.3, 0.4) is 0 Å². The minimum Gasteiger partial charge on any atom is -0.320 e. The van der Waals surface area contributed by atoms with E-state index in [-0.39, 0.29) is 11.5 Å². The molecule has 6 nitrogen and oxygen atoms in total. The first-order chi connectivity index (χ1) is 13.5. The van der Waals surface area contributed by atoms with Crippen LogP contribution in [-0.4, -0.2) is 26.0 Å². The second-order valence-corrected chi connectivity index (χ2v) is 7.52. The van der Waals surface area contributed by atoms with Crippen molar-refractivity contribution in [2.75, 3.05) is 6.54 Å². The fraction of sp³-hybridized carbons (Fsp3) is 0.318. The zero-order valence-electron chi connectivity index (χ0n) is 16.1. The van der Waals surface area contributed by atoms with Gasteiger partial charge in [-0.05, 0) is 30.3 Å². The van der Waals surface area contributed by atoms with E-state index in [2.05, 4.69) is 31.6 Å². The van der Waals surface area contributed by atoms with E-state index in [9.17, 15) is 4.79 Å². The van der Waals surface area contributed by atoms with E-state index in [1.165, 1.54) is 0 Å². The summed E-state index contributed by atoms with van der Waals surface area (Å²) in [6.45, 7) is 6.27. The van der Waals surface area contributed by atoms with E-state index >= 15 is 0 Å². The van der Waals surface area contributed by atoms with Gasteiger partial charge in [0.05, 0.1) is 22.9 Å². The predicted octanol–water partition coefficient (Wildman–Crippen LogP) is 3.11. The van der Waals surface area contributed by atoms with Crippen LogP contribution in [0.1, 0.15) is 48.1 Å². The zero-order valence-corrected chi connectivity index (χ0v) is 16.1. The minimum absolute atomic E-state index is 0.0181. The van der Waals surface area contributed by atoms with Crippen LogP contribution in [0.2, 0.25) is 0 Å². The van der Waals surface area contributed by atoms with Crippen molar-refractivity contribution in [3.05, 3.63) is 81.3 Å². The Morgan fingerprint density at radius 2 is 2.14 bits per heavy atom. The number of rotatable bonds is 4. The van der Waals surface area contributed by atoms with Gasteiger partial charge in [-0.1, -0.05) is 19.9 Å². The summed E-state index contributed by atoms with van der Waals surface area (Å²) in [5, 5.41) is 9.16.